The summed E-state index contributed by atoms with van der Waals surface area (Å²) in [6.45, 7) is 0. The minimum atomic E-state index is -3.11. The summed E-state index contributed by atoms with van der Waals surface area (Å²) in [6.07, 6.45) is -2.57. The first-order valence-electron chi connectivity index (χ1n) is 4.37. The number of esters is 1. The van der Waals surface area contributed by atoms with E-state index in [4.69, 9.17) is 5.26 Å². The Morgan fingerprint density at radius 3 is 2.67 bits per heavy atom. The first-order valence-corrected chi connectivity index (χ1v) is 4.37. The van der Waals surface area contributed by atoms with Crippen LogP contribution in [0.3, 0.4) is 0 Å². The molecule has 7 nitrogen and oxygen atoms in total. The third-order valence-electron chi connectivity index (χ3n) is 1.99. The molecule has 0 aliphatic heterocycles. The average Bonchev–Trinajstić information content (AvgIpc) is 2.35. The highest BCUT2D eigenvalue weighted by molar-refractivity contribution is 5.93. The Labute approximate surface area is 98.8 Å². The summed E-state index contributed by atoms with van der Waals surface area (Å²) in [5.41, 5.74) is -3.67. The molecule has 0 N–H and O–H groups in total. The van der Waals surface area contributed by atoms with Crippen molar-refractivity contribution in [2.75, 3.05) is 7.11 Å². The predicted molar refractivity (Wildman–Crippen MR) is 51.9 cm³/mol. The molecule has 18 heavy (non-hydrogen) atoms. The maximum Gasteiger partial charge on any atom is 0.363 e. The molecule has 0 radical (unpaired) electrons. The number of halogens is 2. The van der Waals surface area contributed by atoms with Crippen molar-refractivity contribution in [3.63, 3.8) is 0 Å². The smallest absolute Gasteiger partial charge is 0.363 e. The van der Waals surface area contributed by atoms with Gasteiger partial charge in [0.15, 0.2) is 0 Å². The summed E-state index contributed by atoms with van der Waals surface area (Å²) >= 11 is 0. The fourth-order valence-electron chi connectivity index (χ4n) is 1.22. The molecule has 0 aliphatic carbocycles. The van der Waals surface area contributed by atoms with Crippen LogP contribution in [0.25, 0.3) is 0 Å². The summed E-state index contributed by atoms with van der Waals surface area (Å²) in [7, 11) is 0.945. The molecule has 0 saturated heterocycles. The van der Waals surface area contributed by atoms with Gasteiger partial charge in [-0.05, 0) is 0 Å². The number of carbonyl (C=O) groups excluding carboxylic acids is 1. The Kier molecular flexibility index (Phi) is 3.83. The quantitative estimate of drug-likeness (QED) is 0.462. The molecule has 1 rings (SSSR count). The van der Waals surface area contributed by atoms with E-state index >= 15 is 0 Å². The lowest BCUT2D eigenvalue weighted by Gasteiger charge is -2.05. The van der Waals surface area contributed by atoms with E-state index in [0.717, 1.165) is 7.11 Å². The van der Waals surface area contributed by atoms with E-state index in [1.165, 1.54) is 6.07 Å². The molecule has 0 spiro atoms. The zero-order valence-corrected chi connectivity index (χ0v) is 8.89. The zero-order valence-electron chi connectivity index (χ0n) is 8.89. The number of rotatable bonds is 3. The second kappa shape index (κ2) is 5.13. The van der Waals surface area contributed by atoms with Crippen molar-refractivity contribution in [2.45, 2.75) is 6.43 Å². The lowest BCUT2D eigenvalue weighted by atomic mass is 10.1. The number of methoxy groups -OCH3 is 1. The van der Waals surface area contributed by atoms with Crippen molar-refractivity contribution in [3.05, 3.63) is 33.1 Å². The third kappa shape index (κ3) is 2.22. The van der Waals surface area contributed by atoms with Crippen LogP contribution >= 0.6 is 0 Å². The molecule has 0 bridgehead atoms. The molecule has 1 aromatic rings. The van der Waals surface area contributed by atoms with Crippen LogP contribution < -0.4 is 0 Å². The van der Waals surface area contributed by atoms with Crippen molar-refractivity contribution in [1.29, 1.82) is 5.26 Å². The van der Waals surface area contributed by atoms with Crippen LogP contribution in [-0.2, 0) is 4.74 Å². The molecule has 9 heteroatoms. The third-order valence-corrected chi connectivity index (χ3v) is 1.99. The highest BCUT2D eigenvalue weighted by Gasteiger charge is 2.32. The maximum atomic E-state index is 12.5. The molecule has 0 atom stereocenters. The maximum absolute atomic E-state index is 12.5. The number of pyridine rings is 1. The fourth-order valence-corrected chi connectivity index (χ4v) is 1.22. The van der Waals surface area contributed by atoms with Crippen molar-refractivity contribution in [1.82, 2.24) is 4.98 Å². The monoisotopic (exact) mass is 257 g/mol. The summed E-state index contributed by atoms with van der Waals surface area (Å²) < 4.78 is 29.3. The number of nitriles is 1. The number of carbonyl (C=O) groups is 1. The van der Waals surface area contributed by atoms with E-state index < -0.39 is 39.8 Å². The number of hydrogen-bond acceptors (Lipinski definition) is 6. The van der Waals surface area contributed by atoms with Gasteiger partial charge in [0.25, 0.3) is 6.43 Å². The van der Waals surface area contributed by atoms with Gasteiger partial charge in [-0.2, -0.15) is 5.26 Å². The van der Waals surface area contributed by atoms with E-state index in [1.807, 2.05) is 0 Å². The summed E-state index contributed by atoms with van der Waals surface area (Å²) in [6, 6.07) is 1.28. The van der Waals surface area contributed by atoms with Gasteiger partial charge in [-0.15, -0.1) is 0 Å². The molecule has 0 fully saturated rings. The van der Waals surface area contributed by atoms with Crippen molar-refractivity contribution in [3.8, 4) is 6.07 Å². The SMILES string of the molecule is COC(=O)c1ncc(C(F)F)c(C#N)c1[N+](=O)[O-]. The largest absolute Gasteiger partial charge is 0.464 e. The molecule has 1 heterocycles. The fraction of sp³-hybridized carbons (Fsp3) is 0.222. The summed E-state index contributed by atoms with van der Waals surface area (Å²) in [5.74, 6) is -1.18. The van der Waals surface area contributed by atoms with Gasteiger partial charge >= 0.3 is 11.7 Å². The highest BCUT2D eigenvalue weighted by atomic mass is 19.3. The Balaban J connectivity index is 3.65. The molecule has 0 amide bonds. The van der Waals surface area contributed by atoms with Crippen LogP contribution in [0.5, 0.6) is 0 Å². The Bertz CT molecular complexity index is 553. The second-order valence-corrected chi connectivity index (χ2v) is 2.95. The molecule has 1 aromatic heterocycles. The van der Waals surface area contributed by atoms with E-state index in [9.17, 15) is 23.7 Å². The second-order valence-electron chi connectivity index (χ2n) is 2.95. The molecular weight excluding hydrogens is 252 g/mol. The van der Waals surface area contributed by atoms with Crippen LogP contribution in [0.4, 0.5) is 14.5 Å². The number of ether oxygens (including phenoxy) is 1. The first-order chi connectivity index (χ1) is 8.43. The zero-order chi connectivity index (χ0) is 13.9. The van der Waals surface area contributed by atoms with Crippen molar-refractivity contribution >= 4 is 11.7 Å². The van der Waals surface area contributed by atoms with Crippen molar-refractivity contribution in [2.24, 2.45) is 0 Å². The van der Waals surface area contributed by atoms with E-state index in [-0.39, 0.29) is 0 Å². The first kappa shape index (κ1) is 13.4. The van der Waals surface area contributed by atoms with Gasteiger partial charge in [-0.25, -0.2) is 18.6 Å². The molecule has 0 aliphatic rings. The number of nitro groups is 1. The minimum absolute atomic E-state index is 0.544. The lowest BCUT2D eigenvalue weighted by molar-refractivity contribution is -0.385. The molecular formula is C9H5F2N3O4. The van der Waals surface area contributed by atoms with Gasteiger partial charge in [-0.3, -0.25) is 10.1 Å². The molecule has 0 aromatic carbocycles. The minimum Gasteiger partial charge on any atom is -0.464 e. The highest BCUT2D eigenvalue weighted by Crippen LogP contribution is 2.30. The summed E-state index contributed by atoms with van der Waals surface area (Å²) in [4.78, 5) is 24.1. The molecule has 0 unspecified atom stereocenters. The van der Waals surface area contributed by atoms with Gasteiger partial charge in [0.1, 0.15) is 11.6 Å². The Hall–Kier alpha value is -2.63. The Morgan fingerprint density at radius 2 is 2.28 bits per heavy atom. The lowest BCUT2D eigenvalue weighted by Crippen LogP contribution is -2.11. The van der Waals surface area contributed by atoms with Crippen molar-refractivity contribution < 1.29 is 23.2 Å². The van der Waals surface area contributed by atoms with Crippen LogP contribution in [0.2, 0.25) is 0 Å². The van der Waals surface area contributed by atoms with Crippen LogP contribution in [-0.4, -0.2) is 23.0 Å². The topological polar surface area (TPSA) is 106 Å². The van der Waals surface area contributed by atoms with Crippen LogP contribution in [0.15, 0.2) is 6.20 Å². The van der Waals surface area contributed by atoms with E-state index in [2.05, 4.69) is 9.72 Å². The molecule has 94 valence electrons. The van der Waals surface area contributed by atoms with E-state index in [1.54, 1.807) is 0 Å². The van der Waals surface area contributed by atoms with Gasteiger partial charge < -0.3 is 4.74 Å². The van der Waals surface area contributed by atoms with Gasteiger partial charge in [-0.1, -0.05) is 0 Å². The number of aromatic nitrogens is 1. The number of hydrogen-bond donors (Lipinski definition) is 0. The average molecular weight is 257 g/mol. The summed E-state index contributed by atoms with van der Waals surface area (Å²) in [5, 5.41) is 19.5. The van der Waals surface area contributed by atoms with Crippen LogP contribution in [0.1, 0.15) is 28.0 Å². The van der Waals surface area contributed by atoms with Crippen LogP contribution in [0, 0.1) is 21.4 Å². The van der Waals surface area contributed by atoms with Gasteiger partial charge in [0.05, 0.1) is 17.6 Å². The molecule has 0 saturated carbocycles. The van der Waals surface area contributed by atoms with Gasteiger partial charge in [0.2, 0.25) is 5.69 Å². The number of nitrogens with zero attached hydrogens (tertiary/aromatic N) is 3. The standard InChI is InChI=1S/C9H5F2N3O4/c1-18-9(15)6-7(14(16)17)4(2-12)5(3-13-6)8(10)11/h3,8H,1H3. The number of alkyl halides is 2. The predicted octanol–water partition coefficient (Wildman–Crippen LogP) is 1.59. The Morgan fingerprint density at radius 1 is 1.67 bits per heavy atom. The normalized spacial score (nSPS) is 9.94. The van der Waals surface area contributed by atoms with Gasteiger partial charge in [0, 0.05) is 6.20 Å². The van der Waals surface area contributed by atoms with E-state index in [0.29, 0.717) is 6.20 Å².